The Kier molecular flexibility index (Phi) is 50.4. The average molecular weight is 2070 g/mol. The van der Waals surface area contributed by atoms with Gasteiger partial charge in [-0.15, -0.1) is 11.8 Å². The van der Waals surface area contributed by atoms with Gasteiger partial charge in [0.2, 0.25) is 0 Å². The average Bonchev–Trinajstić information content (AvgIpc) is 1.63. The van der Waals surface area contributed by atoms with E-state index in [0.717, 1.165) is 149 Å². The van der Waals surface area contributed by atoms with Crippen molar-refractivity contribution in [3.8, 4) is 35.2 Å². The molecule has 2 aromatic rings. The number of alkyl halides is 1. The number of benzene rings is 2. The number of hydrogen-bond donors (Lipinski definition) is 3. The molecule has 0 saturated heterocycles. The highest BCUT2D eigenvalue weighted by Crippen LogP contribution is 2.57. The summed E-state index contributed by atoms with van der Waals surface area (Å²) in [6, 6.07) is 15.7. The van der Waals surface area contributed by atoms with E-state index in [2.05, 4.69) is 74.7 Å². The lowest BCUT2D eigenvalue weighted by molar-refractivity contribution is -0.152. The number of halogens is 1. The third-order valence-electron chi connectivity index (χ3n) is 36.1. The first-order chi connectivity index (χ1) is 70.3. The minimum Gasteiger partial charge on any atom is -0.489 e. The first-order valence-electron chi connectivity index (χ1n) is 56.7. The molecule has 0 heterocycles. The first kappa shape index (κ1) is 119. The SMILES string of the molecule is BrCC1=CC2(CCCCC2)CC1.CC#C[C@@H](CC(=O)O)c1ccc(OCC2=CC3(CCCCC3)CC2)cc1.CC#C[C@@H](CC(=O)OC)c1ccc(OCC2=CC3(CCCCC3)CC2)cc1.COC(=O)C1=CC2(CCCCC2)CC1.COC(=O)C1CCC2(CCCCC2)C1O.COC(=O)C1CCC2(CCCCC2)C1OC.COC(=O)C=CCC1(C=O)CCCCC1.O=CC1CCCCC1.OCC1=CC2(CCCCC2)CC1. The van der Waals surface area contributed by atoms with Crippen LogP contribution in [-0.4, -0.2) is 144 Å². The number of carboxylic acid groups (broad SMARTS) is 1. The summed E-state index contributed by atoms with van der Waals surface area (Å²) in [6.07, 6.45) is 92.4. The molecule has 11 fully saturated rings. The van der Waals surface area contributed by atoms with Crippen LogP contribution in [0.4, 0.5) is 0 Å². The van der Waals surface area contributed by atoms with Crippen LogP contribution in [0.25, 0.3) is 0 Å². The topological polar surface area (TPSA) is 271 Å². The molecule has 20 heteroatoms. The van der Waals surface area contributed by atoms with Crippen molar-refractivity contribution in [2.24, 2.45) is 61.1 Å². The van der Waals surface area contributed by atoms with Crippen molar-refractivity contribution in [2.75, 3.05) is 67.8 Å². The maximum absolute atomic E-state index is 11.7. The highest BCUT2D eigenvalue weighted by atomic mass is 79.9. The molecule has 2 aromatic carbocycles. The van der Waals surface area contributed by atoms with Crippen LogP contribution < -0.4 is 9.47 Å². The van der Waals surface area contributed by atoms with E-state index in [1.165, 1.54) is 334 Å². The normalized spacial score (nSPS) is 24.5. The zero-order valence-electron chi connectivity index (χ0n) is 90.3. The van der Waals surface area contributed by atoms with E-state index >= 15 is 0 Å². The van der Waals surface area contributed by atoms with Gasteiger partial charge in [-0.1, -0.05) is 267 Å². The Labute approximate surface area is 880 Å². The minimum absolute atomic E-state index is 0.0238. The molecular formula is C125H183BrO19. The monoisotopic (exact) mass is 2070 g/mol. The van der Waals surface area contributed by atoms with Gasteiger partial charge in [0.05, 0.1) is 90.9 Å². The largest absolute Gasteiger partial charge is 0.489 e. The number of esters is 5. The predicted molar refractivity (Wildman–Crippen MR) is 580 cm³/mol. The maximum Gasteiger partial charge on any atom is 0.333 e. The van der Waals surface area contributed by atoms with Gasteiger partial charge in [-0.2, -0.15) is 0 Å². The number of carboxylic acids is 1. The summed E-state index contributed by atoms with van der Waals surface area (Å²) < 4.78 is 41.3. The van der Waals surface area contributed by atoms with E-state index in [1.807, 2.05) is 48.5 Å². The standard InChI is InChI=1S/C24H30O3.C23H28O3.C13H22O3.C12H20O3.C12H18O3.C12H18O2.C11H17Br.C11H18O.C7H12O/c1-3-7-21(16-23(25)26-2)20-8-10-22(11-9-20)27-18-19-12-15-24(17-19)13-5-4-6-14-24;1-2-6-20(15-22(24)25)19-7-9-21(10-8-19)26-17-18-11-14-23(16-18)12-4-3-5-13-23;1-15-11-10(12(14)16-2)6-9-13(11)7-4-3-5-8-13;1-15-11(14)9-5-8-12(10(9)13)6-3-2-4-7-12;1-15-11(14)6-5-9-12(10-13)7-3-2-4-8-12;1-14-11(13)10-5-8-12(9-10)6-3-2-4-7-12;2*12-9-10-4-7-11(8-10)5-2-1-3-6-11;8-6-7-4-2-1-3-5-7/h8-11,17,21H,4-6,12-16,18H2,1-2H3;7-10,16,20H,3-5,11-15,17H2,1H3,(H,24,25);10-11H,3-9H2,1-2H3;9-10,13H,2-8H2,1H3;5-6,10H,2-4,7-9H2,1H3;9H,2-8H2,1H3;8H,1-7,9H2;8,12H,1-7,9H2;6-7H,1-5H2/t21-;20-;;;;;;;/m00......./s1. The van der Waals surface area contributed by atoms with Crippen LogP contribution in [0.3, 0.4) is 0 Å². The number of rotatable bonds is 23. The van der Waals surface area contributed by atoms with Gasteiger partial charge in [-0.25, -0.2) is 9.59 Å². The van der Waals surface area contributed by atoms with Crippen molar-refractivity contribution in [2.45, 2.75) is 436 Å². The lowest BCUT2D eigenvalue weighted by Gasteiger charge is -2.39. The van der Waals surface area contributed by atoms with Gasteiger partial charge >= 0.3 is 35.8 Å². The van der Waals surface area contributed by atoms with Crippen molar-refractivity contribution >= 4 is 64.3 Å². The van der Waals surface area contributed by atoms with E-state index < -0.39 is 12.1 Å². The predicted octanol–water partition coefficient (Wildman–Crippen LogP) is 28.7. The summed E-state index contributed by atoms with van der Waals surface area (Å²) in [5, 5.41) is 29.4. The van der Waals surface area contributed by atoms with Gasteiger partial charge in [-0.3, -0.25) is 19.2 Å². The van der Waals surface area contributed by atoms with Gasteiger partial charge in [-0.05, 0) is 316 Å². The van der Waals surface area contributed by atoms with Gasteiger partial charge < -0.3 is 62.8 Å². The van der Waals surface area contributed by atoms with Gasteiger partial charge in [0.15, 0.2) is 0 Å². The lowest BCUT2D eigenvalue weighted by atomic mass is 9.70. The van der Waals surface area contributed by atoms with E-state index in [0.29, 0.717) is 59.2 Å². The van der Waals surface area contributed by atoms with Crippen LogP contribution in [0.15, 0.2) is 119 Å². The molecule has 0 bridgehead atoms. The van der Waals surface area contributed by atoms with Crippen LogP contribution >= 0.6 is 15.9 Å². The smallest absolute Gasteiger partial charge is 0.333 e. The molecular weight excluding hydrogens is 1890 g/mol. The molecule has 18 rings (SSSR count). The number of aliphatic hydroxyl groups is 2. The Bertz CT molecular complexity index is 4590. The van der Waals surface area contributed by atoms with Gasteiger partial charge in [0, 0.05) is 35.4 Å². The highest BCUT2D eigenvalue weighted by molar-refractivity contribution is 9.09. The van der Waals surface area contributed by atoms with Crippen LogP contribution in [0, 0.1) is 84.8 Å². The number of aldehydes is 2. The number of ether oxygens (including phenoxy) is 8. The number of aliphatic hydroxyl groups excluding tert-OH is 2. The van der Waals surface area contributed by atoms with E-state index in [9.17, 15) is 43.5 Å². The molecule has 145 heavy (non-hydrogen) atoms. The molecule has 0 aliphatic heterocycles. The number of aliphatic carboxylic acids is 1. The molecule has 0 aromatic heterocycles. The van der Waals surface area contributed by atoms with Crippen molar-refractivity contribution < 1.29 is 91.6 Å². The fourth-order valence-electron chi connectivity index (χ4n) is 27.6. The fraction of sp³-hybridized carbons (Fsp3) is 0.712. The zero-order valence-corrected chi connectivity index (χ0v) is 91.9. The number of carbonyl (C=O) groups is 8. The summed E-state index contributed by atoms with van der Waals surface area (Å²) in [6.45, 7) is 5.16. The number of methoxy groups -OCH3 is 6. The molecule has 3 N–H and O–H groups in total. The Balaban J connectivity index is 0.000000171. The summed E-state index contributed by atoms with van der Waals surface area (Å²) >= 11 is 3.56. The fourth-order valence-corrected chi connectivity index (χ4v) is 28.0. The molecule has 19 nitrogen and oxygen atoms in total. The highest BCUT2D eigenvalue weighted by Gasteiger charge is 2.53. The summed E-state index contributed by atoms with van der Waals surface area (Å²) in [5.74, 6) is 11.3. The third-order valence-corrected chi connectivity index (χ3v) is 36.8. The molecule has 0 radical (unpaired) electrons. The quantitative estimate of drug-likeness (QED) is 0.0177. The Morgan fingerprint density at radius 1 is 0.414 bits per heavy atom. The molecule has 4 unspecified atom stereocenters. The number of carbonyl (C=O) groups excluding carboxylic acids is 7. The Hall–Kier alpha value is -7.88. The second-order valence-electron chi connectivity index (χ2n) is 45.8. The zero-order chi connectivity index (χ0) is 104. The minimum atomic E-state index is -0.831. The molecule has 7 spiro atoms. The van der Waals surface area contributed by atoms with Gasteiger partial charge in [0.1, 0.15) is 37.3 Å². The van der Waals surface area contributed by atoms with E-state index in [1.54, 1.807) is 32.6 Å². The Morgan fingerprint density at radius 3 is 1.17 bits per heavy atom. The number of allylic oxidation sites excluding steroid dienone is 7. The van der Waals surface area contributed by atoms with Gasteiger partial charge in [0.25, 0.3) is 0 Å². The van der Waals surface area contributed by atoms with Crippen molar-refractivity contribution in [3.63, 3.8) is 0 Å². The van der Waals surface area contributed by atoms with E-state index in [4.69, 9.17) is 43.4 Å². The number of hydrogen-bond acceptors (Lipinski definition) is 18. The van der Waals surface area contributed by atoms with Crippen LogP contribution in [-0.2, 0) is 66.8 Å². The summed E-state index contributed by atoms with van der Waals surface area (Å²) in [5.41, 5.74) is 11.2. The Morgan fingerprint density at radius 2 is 0.793 bits per heavy atom. The first-order valence-corrected chi connectivity index (χ1v) is 57.8. The summed E-state index contributed by atoms with van der Waals surface area (Å²) in [4.78, 5) is 89.2. The van der Waals surface area contributed by atoms with Crippen molar-refractivity contribution in [3.05, 3.63) is 130 Å². The molecule has 16 aliphatic rings. The maximum atomic E-state index is 11.7. The van der Waals surface area contributed by atoms with Crippen molar-refractivity contribution in [1.29, 1.82) is 0 Å². The third kappa shape index (κ3) is 36.5. The second-order valence-corrected chi connectivity index (χ2v) is 46.3. The van der Waals surface area contributed by atoms with Crippen LogP contribution in [0.2, 0.25) is 0 Å². The van der Waals surface area contributed by atoms with Crippen LogP contribution in [0.5, 0.6) is 11.5 Å². The second kappa shape index (κ2) is 61.4. The molecule has 0 amide bonds. The van der Waals surface area contributed by atoms with Crippen LogP contribution in [0.1, 0.15) is 435 Å². The molecule has 804 valence electrons. The molecule has 6 atom stereocenters. The lowest BCUT2D eigenvalue weighted by Crippen LogP contribution is -2.39. The van der Waals surface area contributed by atoms with E-state index in [-0.39, 0.29) is 88.7 Å². The molecule has 16 aliphatic carbocycles. The summed E-state index contributed by atoms with van der Waals surface area (Å²) in [7, 11) is 8.84. The molecule has 11 saturated carbocycles. The van der Waals surface area contributed by atoms with Crippen molar-refractivity contribution in [1.82, 2.24) is 0 Å².